The lowest BCUT2D eigenvalue weighted by Gasteiger charge is -2.27. The molecule has 41 heavy (non-hydrogen) atoms. The van der Waals surface area contributed by atoms with Crippen molar-refractivity contribution in [1.29, 1.82) is 0 Å². The van der Waals surface area contributed by atoms with Crippen molar-refractivity contribution in [3.05, 3.63) is 18.2 Å². The van der Waals surface area contributed by atoms with Gasteiger partial charge in [0, 0.05) is 0 Å². The predicted molar refractivity (Wildman–Crippen MR) is 154 cm³/mol. The van der Waals surface area contributed by atoms with Crippen molar-refractivity contribution in [3.63, 3.8) is 0 Å². The van der Waals surface area contributed by atoms with Crippen molar-refractivity contribution in [2.24, 2.45) is 0 Å². The number of rotatable bonds is 6. The number of hydrogen-bond acceptors (Lipinski definition) is 6. The second-order valence-electron chi connectivity index (χ2n) is 12.7. The van der Waals surface area contributed by atoms with Crippen LogP contribution in [0.25, 0.3) is 11.5 Å². The summed E-state index contributed by atoms with van der Waals surface area (Å²) in [4.78, 5) is 19.3. The topological polar surface area (TPSA) is 156 Å². The number of hydrogen-bond donors (Lipinski definition) is 3. The molecule has 4 saturated carbocycles. The minimum atomic E-state index is -4.66. The van der Waals surface area contributed by atoms with E-state index in [1.807, 2.05) is 0 Å². The summed E-state index contributed by atoms with van der Waals surface area (Å²) in [7, 11) is -4.66. The summed E-state index contributed by atoms with van der Waals surface area (Å²) in [5.74, 6) is -0.641. The van der Waals surface area contributed by atoms with Crippen LogP contribution in [-0.4, -0.2) is 34.2 Å². The van der Waals surface area contributed by atoms with Crippen LogP contribution in [0.15, 0.2) is 27.1 Å². The average Bonchev–Trinajstić information content (AvgIpc) is 3.66. The Labute approximate surface area is 245 Å². The zero-order valence-electron chi connectivity index (χ0n) is 24.7. The van der Waals surface area contributed by atoms with Crippen molar-refractivity contribution >= 4 is 13.1 Å². The van der Waals surface area contributed by atoms with Crippen LogP contribution in [-0.2, 0) is 4.57 Å². The highest BCUT2D eigenvalue weighted by molar-refractivity contribution is 7.58. The van der Waals surface area contributed by atoms with Crippen LogP contribution in [0.1, 0.15) is 128 Å². The van der Waals surface area contributed by atoms with Gasteiger partial charge >= 0.3 is 0 Å². The molecule has 2 aromatic rings. The molecule has 0 saturated heterocycles. The van der Waals surface area contributed by atoms with Crippen LogP contribution in [0.3, 0.4) is 0 Å². The molecule has 1 atom stereocenters. The van der Waals surface area contributed by atoms with E-state index in [1.54, 1.807) is 0 Å². The van der Waals surface area contributed by atoms with E-state index < -0.39 is 19.0 Å². The molecule has 0 amide bonds. The van der Waals surface area contributed by atoms with Gasteiger partial charge in [-0.05, 0) is 121 Å². The van der Waals surface area contributed by atoms with Gasteiger partial charge in [0.2, 0.25) is 0 Å². The van der Waals surface area contributed by atoms with Crippen LogP contribution in [0.5, 0.6) is 5.95 Å². The monoisotopic (exact) mass is 593 g/mol. The molecule has 2 aromatic heterocycles. The summed E-state index contributed by atoms with van der Waals surface area (Å²) in [6.07, 6.45) is 29.9. The molecule has 9 nitrogen and oxygen atoms in total. The van der Waals surface area contributed by atoms with Gasteiger partial charge in [-0.1, -0.05) is 25.7 Å². The van der Waals surface area contributed by atoms with Gasteiger partial charge < -0.3 is 39.0 Å². The van der Waals surface area contributed by atoms with Crippen molar-refractivity contribution in [2.75, 3.05) is 0 Å². The third-order valence-electron chi connectivity index (χ3n) is 9.30. The second-order valence-corrected chi connectivity index (χ2v) is 14.1. The largest absolute Gasteiger partial charge is 0.773 e. The summed E-state index contributed by atoms with van der Waals surface area (Å²) in [5.41, 5.74) is -0.521. The van der Waals surface area contributed by atoms with Crippen LogP contribution in [0.4, 0.5) is 0 Å². The van der Waals surface area contributed by atoms with Crippen LogP contribution >= 0.6 is 7.60 Å². The minimum absolute atomic E-state index is 0.0287. The molecule has 232 valence electrons. The lowest BCUT2D eigenvalue weighted by molar-refractivity contribution is -0.726. The van der Waals surface area contributed by atoms with E-state index >= 15 is 0 Å². The molecule has 2 heterocycles. The summed E-state index contributed by atoms with van der Waals surface area (Å²) in [6.45, 7) is 0. The van der Waals surface area contributed by atoms with E-state index in [2.05, 4.69) is 20.3 Å². The molecular formula is C31H52N3O6P. The van der Waals surface area contributed by atoms with Crippen molar-refractivity contribution in [3.8, 4) is 17.4 Å². The van der Waals surface area contributed by atoms with Gasteiger partial charge in [0.05, 0.1) is 30.1 Å². The number of aromatic nitrogens is 1. The van der Waals surface area contributed by atoms with Crippen LogP contribution < -0.4 is 26.1 Å². The van der Waals surface area contributed by atoms with E-state index in [0.717, 1.165) is 36.3 Å². The zero-order valence-corrected chi connectivity index (χ0v) is 25.6. The van der Waals surface area contributed by atoms with Crippen LogP contribution in [0.2, 0.25) is 0 Å². The fraction of sp³-hybridized carbons (Fsp3) is 0.774. The summed E-state index contributed by atoms with van der Waals surface area (Å²) in [6, 6.07) is 7.34. The Kier molecular flexibility index (Phi) is 13.3. The molecule has 0 spiro atoms. The van der Waals surface area contributed by atoms with Gasteiger partial charge in [0.1, 0.15) is 5.69 Å². The summed E-state index contributed by atoms with van der Waals surface area (Å²) < 4.78 is 19.7. The molecule has 1 unspecified atom stereocenters. The van der Waals surface area contributed by atoms with Gasteiger partial charge in [-0.3, -0.25) is 0 Å². The second kappa shape index (κ2) is 16.9. The average molecular weight is 594 g/mol. The Hall–Kier alpha value is -1.64. The van der Waals surface area contributed by atoms with Gasteiger partial charge in [-0.25, -0.2) is 0 Å². The highest BCUT2D eigenvalue weighted by atomic mass is 31.2. The standard InChI is InChI=1S/2C12H23N.C7H6NO6P/c2*1-3-7-11(8-4-1)13-12-9-5-2-6-10-12;9-6-3-4(8-14-6)5-1-2-7(13-5)15(10,11)12/h2*11-13H,1-10H2;1-3,9H,(H2,10,11,12). The number of nitrogens with two attached hydrogens (primary N) is 2. The molecule has 0 aliphatic heterocycles. The first-order valence-electron chi connectivity index (χ1n) is 16.3. The Balaban J connectivity index is 0.000000142. The van der Waals surface area contributed by atoms with E-state index in [4.69, 9.17) is 9.31 Å². The van der Waals surface area contributed by atoms with E-state index in [0.29, 0.717) is 0 Å². The highest BCUT2D eigenvalue weighted by Crippen LogP contribution is 2.31. The molecule has 4 aliphatic rings. The van der Waals surface area contributed by atoms with E-state index in [9.17, 15) is 14.6 Å². The molecule has 0 radical (unpaired) electrons. The predicted octanol–water partition coefficient (Wildman–Crippen LogP) is 3.61. The number of quaternary nitrogens is 2. The first-order chi connectivity index (χ1) is 19.9. The third-order valence-corrected chi connectivity index (χ3v) is 10.1. The normalized spacial score (nSPS) is 23.1. The minimum Gasteiger partial charge on any atom is -0.773 e. The Morgan fingerprint density at radius 3 is 1.39 bits per heavy atom. The van der Waals surface area contributed by atoms with Gasteiger partial charge in [0.15, 0.2) is 18.9 Å². The number of furan rings is 1. The fourth-order valence-electron chi connectivity index (χ4n) is 7.07. The van der Waals surface area contributed by atoms with Gasteiger partial charge in [-0.2, -0.15) is 5.16 Å². The van der Waals surface area contributed by atoms with E-state index in [1.165, 1.54) is 134 Å². The molecule has 0 bridgehead atoms. The Bertz CT molecular complexity index is 962. The highest BCUT2D eigenvalue weighted by Gasteiger charge is 2.24. The smallest absolute Gasteiger partial charge is 0.197 e. The molecule has 0 aromatic carbocycles. The maximum absolute atomic E-state index is 10.7. The quantitative estimate of drug-likeness (QED) is 0.432. The molecule has 10 heteroatoms. The summed E-state index contributed by atoms with van der Waals surface area (Å²) >= 11 is 0. The zero-order chi connectivity index (χ0) is 28.9. The van der Waals surface area contributed by atoms with E-state index in [-0.39, 0.29) is 11.5 Å². The molecular weight excluding hydrogens is 541 g/mol. The maximum atomic E-state index is 10.7. The first-order valence-corrected chi connectivity index (χ1v) is 17.9. The summed E-state index contributed by atoms with van der Waals surface area (Å²) in [5, 5.41) is 19.4. The lowest BCUT2D eigenvalue weighted by Crippen LogP contribution is -2.95. The van der Waals surface area contributed by atoms with Gasteiger partial charge in [-0.15, -0.1) is 0 Å². The third kappa shape index (κ3) is 11.5. The Morgan fingerprint density at radius 1 is 0.707 bits per heavy atom. The van der Waals surface area contributed by atoms with Crippen molar-refractivity contribution < 1.29 is 39.0 Å². The van der Waals surface area contributed by atoms with Crippen molar-refractivity contribution in [1.82, 2.24) is 5.16 Å². The number of nitrogens with zero attached hydrogens (tertiary/aromatic N) is 1. The Morgan fingerprint density at radius 2 is 1.10 bits per heavy atom. The SMILES string of the molecule is C1CCC([NH2+]C2CCCCC2)CC1.C1CCC([NH2+]C2CCCCC2)CC1.O=P([O-])(O)c1ccc(-c2cc([O-])on2)o1. The molecule has 6 rings (SSSR count). The first kappa shape index (κ1) is 32.3. The fourth-order valence-corrected chi connectivity index (χ4v) is 7.54. The van der Waals surface area contributed by atoms with Crippen molar-refractivity contribution in [2.45, 2.75) is 153 Å². The molecule has 4 fully saturated rings. The maximum Gasteiger partial charge on any atom is 0.197 e. The lowest BCUT2D eigenvalue weighted by atomic mass is 9.91. The molecule has 4 aliphatic carbocycles. The van der Waals surface area contributed by atoms with Gasteiger partial charge in [0.25, 0.3) is 0 Å². The molecule has 5 N–H and O–H groups in total. The van der Waals surface area contributed by atoms with Crippen LogP contribution in [0, 0.1) is 0 Å².